The molecular weight excluding hydrogens is 310 g/mol. The average molecular weight is 344 g/mol. The summed E-state index contributed by atoms with van der Waals surface area (Å²) in [5, 5.41) is 0. The topological polar surface area (TPSA) is 53.0 Å². The molecule has 1 aliphatic carbocycles. The van der Waals surface area contributed by atoms with Crippen LogP contribution in [-0.2, 0) is 10.2 Å². The van der Waals surface area contributed by atoms with Crippen LogP contribution in [0.3, 0.4) is 0 Å². The van der Waals surface area contributed by atoms with Crippen LogP contribution >= 0.6 is 0 Å². The molecule has 2 rings (SSSR count). The fourth-order valence-electron chi connectivity index (χ4n) is 3.98. The zero-order valence-electron chi connectivity index (χ0n) is 15.2. The van der Waals surface area contributed by atoms with Gasteiger partial charge in [-0.05, 0) is 39.0 Å². The van der Waals surface area contributed by atoms with Crippen LogP contribution in [0.25, 0.3) is 0 Å². The van der Waals surface area contributed by atoms with Gasteiger partial charge < -0.3 is 4.90 Å². The van der Waals surface area contributed by atoms with Gasteiger partial charge in [0.2, 0.25) is 0 Å². The Balaban J connectivity index is 2.28. The Labute approximate surface area is 142 Å². The number of likely N-dealkylation sites (tertiary alicyclic amines) is 1. The van der Waals surface area contributed by atoms with E-state index in [1.165, 1.54) is 42.8 Å². The van der Waals surface area contributed by atoms with Crippen molar-refractivity contribution in [1.82, 2.24) is 9.21 Å². The smallest absolute Gasteiger partial charge is 0.323 e. The first-order valence-corrected chi connectivity index (χ1v) is 10.5. The second kappa shape index (κ2) is 7.97. The first kappa shape index (κ1) is 18.7. The summed E-state index contributed by atoms with van der Waals surface area (Å²) < 4.78 is 30.2. The van der Waals surface area contributed by atoms with E-state index in [9.17, 15) is 8.42 Å². The molecule has 23 heavy (non-hydrogen) atoms. The van der Waals surface area contributed by atoms with Gasteiger partial charge in [0.15, 0.2) is 0 Å². The molecule has 0 N–H and O–H groups in total. The lowest BCUT2D eigenvalue weighted by Crippen LogP contribution is -2.48. The van der Waals surface area contributed by atoms with Gasteiger partial charge in [-0.1, -0.05) is 32.1 Å². The van der Waals surface area contributed by atoms with E-state index in [1.54, 1.807) is 14.1 Å². The van der Waals surface area contributed by atoms with Gasteiger partial charge in [-0.25, -0.2) is 0 Å². The molecule has 0 radical (unpaired) electrons. The highest BCUT2D eigenvalue weighted by Gasteiger charge is 2.31. The van der Waals surface area contributed by atoms with Crippen LogP contribution in [-0.4, -0.2) is 49.6 Å². The second-order valence-corrected chi connectivity index (χ2v) is 9.32. The zero-order valence-corrected chi connectivity index (χ0v) is 16.0. The van der Waals surface area contributed by atoms with Crippen LogP contribution in [0.2, 0.25) is 0 Å². The summed E-state index contributed by atoms with van der Waals surface area (Å²) in [6.45, 7) is 4.41. The molecule has 1 saturated carbocycles. The van der Waals surface area contributed by atoms with Crippen molar-refractivity contribution in [2.75, 3.05) is 14.1 Å². The number of nitrogens with zero attached hydrogens (tertiary/aromatic N) is 3. The van der Waals surface area contributed by atoms with Crippen LogP contribution in [0.1, 0.15) is 71.6 Å². The van der Waals surface area contributed by atoms with Gasteiger partial charge in [0.25, 0.3) is 0 Å². The minimum atomic E-state index is -3.56. The van der Waals surface area contributed by atoms with Crippen LogP contribution in [0.15, 0.2) is 4.40 Å². The number of rotatable bonds is 4. The van der Waals surface area contributed by atoms with Crippen molar-refractivity contribution in [3.63, 3.8) is 0 Å². The lowest BCUT2D eigenvalue weighted by Gasteiger charge is -2.42. The first-order valence-electron chi connectivity index (χ1n) is 9.11. The Hall–Kier alpha value is -0.620. The Morgan fingerprint density at radius 1 is 1.00 bits per heavy atom. The Morgan fingerprint density at radius 2 is 1.57 bits per heavy atom. The molecule has 5 nitrogen and oxygen atoms in total. The van der Waals surface area contributed by atoms with Crippen LogP contribution in [0.4, 0.5) is 0 Å². The molecule has 1 aliphatic heterocycles. The van der Waals surface area contributed by atoms with Gasteiger partial charge in [0, 0.05) is 32.6 Å². The fourth-order valence-corrected chi connectivity index (χ4v) is 4.58. The molecule has 1 heterocycles. The van der Waals surface area contributed by atoms with E-state index in [2.05, 4.69) is 23.1 Å². The summed E-state index contributed by atoms with van der Waals surface area (Å²) in [4.78, 5) is 2.29. The summed E-state index contributed by atoms with van der Waals surface area (Å²) in [5.74, 6) is 1.38. The van der Waals surface area contributed by atoms with Gasteiger partial charge in [0.1, 0.15) is 5.84 Å². The molecule has 2 fully saturated rings. The molecule has 2 atom stereocenters. The molecule has 0 amide bonds. The predicted molar refractivity (Wildman–Crippen MR) is 95.8 cm³/mol. The van der Waals surface area contributed by atoms with E-state index in [0.29, 0.717) is 18.0 Å². The molecule has 1 saturated heterocycles. The van der Waals surface area contributed by atoms with Crippen molar-refractivity contribution in [1.29, 1.82) is 0 Å². The van der Waals surface area contributed by atoms with Crippen molar-refractivity contribution >= 4 is 16.0 Å². The molecule has 0 spiro atoms. The normalized spacial score (nSPS) is 28.4. The van der Waals surface area contributed by atoms with Gasteiger partial charge in [-0.15, -0.1) is 4.40 Å². The largest absolute Gasteiger partial charge is 0.354 e. The van der Waals surface area contributed by atoms with E-state index >= 15 is 0 Å². The molecule has 0 aromatic heterocycles. The quantitative estimate of drug-likeness (QED) is 0.580. The third-order valence-corrected chi connectivity index (χ3v) is 6.73. The summed E-state index contributed by atoms with van der Waals surface area (Å²) in [6.07, 6.45) is 10.5. The predicted octanol–water partition coefficient (Wildman–Crippen LogP) is 3.42. The molecule has 2 aliphatic rings. The van der Waals surface area contributed by atoms with Gasteiger partial charge in [-0.3, -0.25) is 0 Å². The molecule has 134 valence electrons. The van der Waals surface area contributed by atoms with Crippen LogP contribution in [0.5, 0.6) is 0 Å². The van der Waals surface area contributed by atoms with Gasteiger partial charge >= 0.3 is 10.2 Å². The number of piperidine rings is 1. The second-order valence-electron chi connectivity index (χ2n) is 7.51. The van der Waals surface area contributed by atoms with Gasteiger partial charge in [0.05, 0.1) is 0 Å². The van der Waals surface area contributed by atoms with E-state index in [1.807, 2.05) is 0 Å². The van der Waals surface area contributed by atoms with Crippen molar-refractivity contribution in [2.45, 2.75) is 83.7 Å². The third-order valence-electron chi connectivity index (χ3n) is 5.37. The number of hydrogen-bond acceptors (Lipinski definition) is 2. The first-order chi connectivity index (χ1) is 10.8. The van der Waals surface area contributed by atoms with Gasteiger partial charge in [-0.2, -0.15) is 12.7 Å². The Bertz CT molecular complexity index is 500. The zero-order chi connectivity index (χ0) is 17.0. The van der Waals surface area contributed by atoms with Crippen molar-refractivity contribution in [2.24, 2.45) is 10.3 Å². The fraction of sp³-hybridized carbons (Fsp3) is 0.941. The van der Waals surface area contributed by atoms with Crippen molar-refractivity contribution in [3.05, 3.63) is 0 Å². The monoisotopic (exact) mass is 343 g/mol. The standard InChI is InChI=1S/C17H33N3O2S/c1-14-9-8-10-15(2)20(14)17(18-23(21,22)19(3)4)13-16-11-6-5-7-12-16/h14-16H,5-13H2,1-4H3/b18-17+/t14-,15+. The lowest BCUT2D eigenvalue weighted by molar-refractivity contribution is 0.184. The molecule has 6 heteroatoms. The van der Waals surface area contributed by atoms with E-state index in [0.717, 1.165) is 25.1 Å². The summed E-state index contributed by atoms with van der Waals surface area (Å²) in [6, 6.07) is 0.747. The maximum atomic E-state index is 12.4. The van der Waals surface area contributed by atoms with E-state index in [4.69, 9.17) is 0 Å². The molecule has 0 unspecified atom stereocenters. The minimum Gasteiger partial charge on any atom is -0.354 e. The minimum absolute atomic E-state index is 0.374. The average Bonchev–Trinajstić information content (AvgIpc) is 2.47. The van der Waals surface area contributed by atoms with Crippen LogP contribution < -0.4 is 0 Å². The Morgan fingerprint density at radius 3 is 2.09 bits per heavy atom. The maximum Gasteiger partial charge on any atom is 0.323 e. The molecule has 0 aromatic carbocycles. The van der Waals surface area contributed by atoms with E-state index in [-0.39, 0.29) is 0 Å². The lowest BCUT2D eigenvalue weighted by atomic mass is 9.85. The number of hydrogen-bond donors (Lipinski definition) is 0. The summed E-state index contributed by atoms with van der Waals surface area (Å²) >= 11 is 0. The molecule has 0 bridgehead atoms. The van der Waals surface area contributed by atoms with E-state index < -0.39 is 10.2 Å². The van der Waals surface area contributed by atoms with Crippen molar-refractivity contribution < 1.29 is 8.42 Å². The maximum absolute atomic E-state index is 12.4. The highest BCUT2D eigenvalue weighted by molar-refractivity contribution is 7.87. The van der Waals surface area contributed by atoms with Crippen molar-refractivity contribution in [3.8, 4) is 0 Å². The Kier molecular flexibility index (Phi) is 6.48. The highest BCUT2D eigenvalue weighted by Crippen LogP contribution is 2.31. The van der Waals surface area contributed by atoms with Crippen LogP contribution in [0, 0.1) is 5.92 Å². The summed E-state index contributed by atoms with van der Waals surface area (Å²) in [5.41, 5.74) is 0. The highest BCUT2D eigenvalue weighted by atomic mass is 32.2. The third kappa shape index (κ3) is 4.92. The number of amidine groups is 1. The summed E-state index contributed by atoms with van der Waals surface area (Å²) in [7, 11) is -0.453. The molecular formula is C17H33N3O2S. The molecule has 0 aromatic rings. The SMILES string of the molecule is C[C@@H]1CCC[C@H](C)N1/C(CC1CCCCC1)=N/S(=O)(=O)N(C)C.